The van der Waals surface area contributed by atoms with Crippen LogP contribution in [-0.4, -0.2) is 24.1 Å². The summed E-state index contributed by atoms with van der Waals surface area (Å²) in [6.45, 7) is 5.66. The van der Waals surface area contributed by atoms with Gasteiger partial charge in [-0.25, -0.2) is 0 Å². The Hall–Kier alpha value is 0.0500. The lowest BCUT2D eigenvalue weighted by molar-refractivity contribution is 0.584. The van der Waals surface area contributed by atoms with Crippen molar-refractivity contribution in [1.29, 1.82) is 0 Å². The van der Waals surface area contributed by atoms with E-state index in [1.165, 1.54) is 50.0 Å². The van der Waals surface area contributed by atoms with E-state index < -0.39 is 0 Å². The van der Waals surface area contributed by atoms with Crippen molar-refractivity contribution in [1.82, 2.24) is 5.32 Å². The smallest absolute Gasteiger partial charge is 0.0370 e. The van der Waals surface area contributed by atoms with Gasteiger partial charge in [0.15, 0.2) is 0 Å². The Morgan fingerprint density at radius 1 is 1.31 bits per heavy atom. The van der Waals surface area contributed by atoms with Gasteiger partial charge in [0, 0.05) is 11.8 Å². The van der Waals surface area contributed by atoms with Crippen molar-refractivity contribution in [2.45, 2.75) is 58.4 Å². The number of allylic oxidation sites excluding steroid dienone is 1. The Labute approximate surface area is 105 Å². The van der Waals surface area contributed by atoms with Crippen molar-refractivity contribution >= 4 is 11.8 Å². The van der Waals surface area contributed by atoms with Crippen molar-refractivity contribution in [2.24, 2.45) is 0 Å². The van der Waals surface area contributed by atoms with Crippen molar-refractivity contribution in [2.75, 3.05) is 18.1 Å². The zero-order chi connectivity index (χ0) is 11.6. The largest absolute Gasteiger partial charge is 0.310 e. The summed E-state index contributed by atoms with van der Waals surface area (Å²) in [5, 5.41) is 3.71. The summed E-state index contributed by atoms with van der Waals surface area (Å²) in [4.78, 5) is 0. The summed E-state index contributed by atoms with van der Waals surface area (Å²) in [6, 6.07) is 0.642. The molecular weight excluding hydrogens is 214 g/mol. The molecule has 0 aromatic heterocycles. The molecule has 1 atom stereocenters. The van der Waals surface area contributed by atoms with Crippen molar-refractivity contribution in [3.8, 4) is 0 Å². The molecule has 1 N–H and O–H groups in total. The topological polar surface area (TPSA) is 12.0 Å². The Balaban J connectivity index is 2.47. The molecule has 1 nitrogen and oxygen atoms in total. The zero-order valence-electron chi connectivity index (χ0n) is 10.9. The summed E-state index contributed by atoms with van der Waals surface area (Å²) in [7, 11) is 0. The molecule has 0 aromatic carbocycles. The molecule has 94 valence electrons. The van der Waals surface area contributed by atoms with E-state index in [4.69, 9.17) is 0 Å². The summed E-state index contributed by atoms with van der Waals surface area (Å²) in [6.07, 6.45) is 10.6. The van der Waals surface area contributed by atoms with Crippen molar-refractivity contribution in [3.63, 3.8) is 0 Å². The highest BCUT2D eigenvalue weighted by Crippen LogP contribution is 2.22. The Morgan fingerprint density at radius 3 is 2.94 bits per heavy atom. The van der Waals surface area contributed by atoms with Gasteiger partial charge in [0.1, 0.15) is 0 Å². The summed E-state index contributed by atoms with van der Waals surface area (Å²) >= 11 is 2.06. The van der Waals surface area contributed by atoms with Crippen LogP contribution in [0.15, 0.2) is 11.6 Å². The van der Waals surface area contributed by atoms with Gasteiger partial charge in [0.05, 0.1) is 0 Å². The van der Waals surface area contributed by atoms with Crippen molar-refractivity contribution < 1.29 is 0 Å². The maximum absolute atomic E-state index is 3.71. The van der Waals surface area contributed by atoms with Gasteiger partial charge in [-0.1, -0.05) is 31.9 Å². The van der Waals surface area contributed by atoms with Gasteiger partial charge in [-0.3, -0.25) is 0 Å². The Morgan fingerprint density at radius 2 is 2.19 bits per heavy atom. The molecule has 1 rings (SSSR count). The minimum Gasteiger partial charge on any atom is -0.310 e. The number of hydrogen-bond donors (Lipinski definition) is 1. The first-order valence-electron chi connectivity index (χ1n) is 6.88. The number of rotatable bonds is 7. The first-order chi connectivity index (χ1) is 7.88. The Bertz CT molecular complexity index is 193. The van der Waals surface area contributed by atoms with Crippen LogP contribution >= 0.6 is 11.8 Å². The maximum atomic E-state index is 3.71. The number of hydrogen-bond acceptors (Lipinski definition) is 2. The van der Waals surface area contributed by atoms with Crippen LogP contribution < -0.4 is 5.32 Å². The molecular formula is C14H27NS. The molecule has 0 saturated carbocycles. The third-order valence-electron chi connectivity index (χ3n) is 3.15. The number of nitrogens with one attached hydrogen (secondary N) is 1. The molecule has 0 fully saturated rings. The van der Waals surface area contributed by atoms with Gasteiger partial charge in [-0.05, 0) is 44.4 Å². The van der Waals surface area contributed by atoms with Crippen LogP contribution in [0.1, 0.15) is 52.4 Å². The van der Waals surface area contributed by atoms with Gasteiger partial charge >= 0.3 is 0 Å². The van der Waals surface area contributed by atoms with E-state index in [1.54, 1.807) is 5.57 Å². The molecule has 0 heterocycles. The predicted octanol–water partition coefficient (Wildman–Crippen LogP) is 4.00. The highest BCUT2D eigenvalue weighted by atomic mass is 32.2. The van der Waals surface area contributed by atoms with Gasteiger partial charge in [0.25, 0.3) is 0 Å². The van der Waals surface area contributed by atoms with E-state index in [1.807, 2.05) is 0 Å². The van der Waals surface area contributed by atoms with Crippen LogP contribution in [0.3, 0.4) is 0 Å². The fourth-order valence-electron chi connectivity index (χ4n) is 2.21. The molecule has 1 aliphatic rings. The fourth-order valence-corrected chi connectivity index (χ4v) is 3.01. The summed E-state index contributed by atoms with van der Waals surface area (Å²) in [5.41, 5.74) is 1.69. The molecule has 0 spiro atoms. The first kappa shape index (κ1) is 14.1. The fraction of sp³-hybridized carbons (Fsp3) is 0.857. The van der Waals surface area contributed by atoms with Crippen LogP contribution in [0.4, 0.5) is 0 Å². The predicted molar refractivity (Wildman–Crippen MR) is 76.2 cm³/mol. The van der Waals surface area contributed by atoms with E-state index in [2.05, 4.69) is 37.0 Å². The molecule has 0 aromatic rings. The van der Waals surface area contributed by atoms with E-state index >= 15 is 0 Å². The third kappa shape index (κ3) is 5.40. The highest BCUT2D eigenvalue weighted by Gasteiger charge is 2.14. The van der Waals surface area contributed by atoms with Gasteiger partial charge in [-0.15, -0.1) is 0 Å². The average molecular weight is 241 g/mol. The second-order valence-corrected chi connectivity index (χ2v) is 5.86. The summed E-state index contributed by atoms with van der Waals surface area (Å²) < 4.78 is 0. The third-order valence-corrected chi connectivity index (χ3v) is 4.13. The second kappa shape index (κ2) is 9.12. The second-order valence-electron chi connectivity index (χ2n) is 4.54. The van der Waals surface area contributed by atoms with E-state index in [0.717, 1.165) is 6.54 Å². The first-order valence-corrected chi connectivity index (χ1v) is 8.04. The maximum Gasteiger partial charge on any atom is 0.0370 e. The molecule has 0 amide bonds. The highest BCUT2D eigenvalue weighted by molar-refractivity contribution is 7.99. The molecule has 0 bridgehead atoms. The van der Waals surface area contributed by atoms with Crippen LogP contribution in [0, 0.1) is 0 Å². The molecule has 0 radical (unpaired) electrons. The zero-order valence-corrected chi connectivity index (χ0v) is 11.7. The minimum absolute atomic E-state index is 0.642. The monoisotopic (exact) mass is 241 g/mol. The van der Waals surface area contributed by atoms with Gasteiger partial charge in [-0.2, -0.15) is 11.8 Å². The molecule has 16 heavy (non-hydrogen) atoms. The van der Waals surface area contributed by atoms with Crippen LogP contribution in [0.5, 0.6) is 0 Å². The Kier molecular flexibility index (Phi) is 8.04. The van der Waals surface area contributed by atoms with E-state index in [9.17, 15) is 0 Å². The quantitative estimate of drug-likeness (QED) is 0.676. The normalized spacial score (nSPS) is 19.0. The molecule has 2 heteroatoms. The lowest BCUT2D eigenvalue weighted by Crippen LogP contribution is -2.34. The molecule has 0 saturated heterocycles. The lowest BCUT2D eigenvalue weighted by Gasteiger charge is -2.21. The van der Waals surface area contributed by atoms with Crippen LogP contribution in [0.25, 0.3) is 0 Å². The number of thioether (sulfide) groups is 1. The average Bonchev–Trinajstić information content (AvgIpc) is 2.58. The van der Waals surface area contributed by atoms with E-state index in [0.29, 0.717) is 6.04 Å². The van der Waals surface area contributed by atoms with Crippen LogP contribution in [0.2, 0.25) is 0 Å². The van der Waals surface area contributed by atoms with Gasteiger partial charge in [0.2, 0.25) is 0 Å². The SMILES string of the molecule is CCCNC(CSCC)C1=CCCCCC1. The van der Waals surface area contributed by atoms with E-state index in [-0.39, 0.29) is 0 Å². The van der Waals surface area contributed by atoms with Crippen LogP contribution in [-0.2, 0) is 0 Å². The standard InChI is InChI=1S/C14H27NS/c1-3-11-15-14(12-16-4-2)13-9-7-5-6-8-10-13/h9,14-15H,3-8,10-12H2,1-2H3. The molecule has 1 aliphatic carbocycles. The minimum atomic E-state index is 0.642. The van der Waals surface area contributed by atoms with Crippen molar-refractivity contribution in [3.05, 3.63) is 11.6 Å². The summed E-state index contributed by atoms with van der Waals surface area (Å²) in [5.74, 6) is 2.49. The molecule has 0 aliphatic heterocycles. The lowest BCUT2D eigenvalue weighted by atomic mass is 10.0. The molecule has 1 unspecified atom stereocenters. The van der Waals surface area contributed by atoms with Gasteiger partial charge < -0.3 is 5.32 Å².